The quantitative estimate of drug-likeness (QED) is 0.925. The van der Waals surface area contributed by atoms with Crippen LogP contribution in [0.3, 0.4) is 0 Å². The molecule has 1 unspecified atom stereocenters. The summed E-state index contributed by atoms with van der Waals surface area (Å²) in [6.45, 7) is 7.60. The highest BCUT2D eigenvalue weighted by Gasteiger charge is 2.23. The van der Waals surface area contributed by atoms with Gasteiger partial charge in [-0.3, -0.25) is 4.68 Å². The molecule has 0 radical (unpaired) electrons. The zero-order chi connectivity index (χ0) is 14.8. The van der Waals surface area contributed by atoms with Crippen molar-refractivity contribution in [2.45, 2.75) is 32.7 Å². The fourth-order valence-corrected chi connectivity index (χ4v) is 3.03. The van der Waals surface area contributed by atoms with E-state index in [1.807, 2.05) is 17.9 Å². The summed E-state index contributed by atoms with van der Waals surface area (Å²) in [4.78, 5) is 11.2. The van der Waals surface area contributed by atoms with Gasteiger partial charge in [-0.1, -0.05) is 13.8 Å². The zero-order valence-electron chi connectivity index (χ0n) is 13.1. The standard InChI is InChI=1S/C15H24N6/c1-11(2)16-7-12-5-4-6-21(9-12)15-13-8-19-20(3)14(13)17-10-18-15/h8,10-12,16H,4-7,9H2,1-3H3. The van der Waals surface area contributed by atoms with E-state index < -0.39 is 0 Å². The van der Waals surface area contributed by atoms with Gasteiger partial charge in [0.2, 0.25) is 0 Å². The minimum Gasteiger partial charge on any atom is -0.356 e. The highest BCUT2D eigenvalue weighted by Crippen LogP contribution is 2.26. The van der Waals surface area contributed by atoms with Gasteiger partial charge in [0.1, 0.15) is 12.1 Å². The van der Waals surface area contributed by atoms with Gasteiger partial charge in [0, 0.05) is 26.2 Å². The first-order valence-electron chi connectivity index (χ1n) is 7.76. The van der Waals surface area contributed by atoms with Crippen molar-refractivity contribution >= 4 is 16.9 Å². The summed E-state index contributed by atoms with van der Waals surface area (Å²) in [6, 6.07) is 0.546. The Hall–Kier alpha value is -1.69. The van der Waals surface area contributed by atoms with Gasteiger partial charge in [-0.15, -0.1) is 0 Å². The maximum absolute atomic E-state index is 4.51. The summed E-state index contributed by atoms with van der Waals surface area (Å²) in [7, 11) is 1.92. The molecule has 1 aliphatic heterocycles. The fourth-order valence-electron chi connectivity index (χ4n) is 3.03. The first-order chi connectivity index (χ1) is 10.1. The number of fused-ring (bicyclic) bond motifs is 1. The normalized spacial score (nSPS) is 19.6. The molecule has 21 heavy (non-hydrogen) atoms. The summed E-state index contributed by atoms with van der Waals surface area (Å²) in [5, 5.41) is 8.91. The summed E-state index contributed by atoms with van der Waals surface area (Å²) < 4.78 is 1.81. The van der Waals surface area contributed by atoms with Crippen molar-refractivity contribution in [3.05, 3.63) is 12.5 Å². The van der Waals surface area contributed by atoms with Crippen molar-refractivity contribution in [3.63, 3.8) is 0 Å². The van der Waals surface area contributed by atoms with Crippen molar-refractivity contribution in [1.82, 2.24) is 25.1 Å². The Morgan fingerprint density at radius 2 is 2.24 bits per heavy atom. The van der Waals surface area contributed by atoms with Crippen molar-refractivity contribution < 1.29 is 0 Å². The predicted molar refractivity (Wildman–Crippen MR) is 84.4 cm³/mol. The van der Waals surface area contributed by atoms with E-state index in [2.05, 4.69) is 39.1 Å². The topological polar surface area (TPSA) is 58.9 Å². The number of rotatable bonds is 4. The van der Waals surface area contributed by atoms with Crippen LogP contribution >= 0.6 is 0 Å². The van der Waals surface area contributed by atoms with Crippen molar-refractivity contribution in [2.24, 2.45) is 13.0 Å². The molecule has 1 saturated heterocycles. The lowest BCUT2D eigenvalue weighted by Gasteiger charge is -2.34. The third-order valence-electron chi connectivity index (χ3n) is 4.14. The molecule has 0 saturated carbocycles. The molecule has 3 heterocycles. The number of hydrogen-bond donors (Lipinski definition) is 1. The maximum Gasteiger partial charge on any atom is 0.163 e. The van der Waals surface area contributed by atoms with Crippen molar-refractivity contribution in [3.8, 4) is 0 Å². The molecule has 2 aromatic rings. The van der Waals surface area contributed by atoms with Gasteiger partial charge in [0.15, 0.2) is 5.65 Å². The van der Waals surface area contributed by atoms with Crippen LogP contribution in [0.1, 0.15) is 26.7 Å². The second-order valence-corrected chi connectivity index (χ2v) is 6.22. The third kappa shape index (κ3) is 3.00. The molecule has 1 N–H and O–H groups in total. The van der Waals surface area contributed by atoms with E-state index in [0.29, 0.717) is 12.0 Å². The molecule has 1 atom stereocenters. The first kappa shape index (κ1) is 14.3. The molecular formula is C15H24N6. The lowest BCUT2D eigenvalue weighted by molar-refractivity contribution is 0.378. The number of piperidine rings is 1. The number of aromatic nitrogens is 4. The van der Waals surface area contributed by atoms with Crippen LogP contribution in [0.5, 0.6) is 0 Å². The van der Waals surface area contributed by atoms with Gasteiger partial charge in [-0.25, -0.2) is 9.97 Å². The largest absolute Gasteiger partial charge is 0.356 e. The van der Waals surface area contributed by atoms with Crippen LogP contribution in [0.25, 0.3) is 11.0 Å². The van der Waals surface area contributed by atoms with Crippen LogP contribution in [-0.4, -0.2) is 45.4 Å². The van der Waals surface area contributed by atoms with Gasteiger partial charge in [0.05, 0.1) is 11.6 Å². The first-order valence-corrected chi connectivity index (χ1v) is 7.76. The average Bonchev–Trinajstić information content (AvgIpc) is 2.87. The number of nitrogens with zero attached hydrogens (tertiary/aromatic N) is 5. The van der Waals surface area contributed by atoms with E-state index >= 15 is 0 Å². The molecule has 114 valence electrons. The van der Waals surface area contributed by atoms with Crippen LogP contribution in [0.4, 0.5) is 5.82 Å². The molecule has 1 aliphatic rings. The second-order valence-electron chi connectivity index (χ2n) is 6.22. The van der Waals surface area contributed by atoms with E-state index in [0.717, 1.165) is 36.5 Å². The van der Waals surface area contributed by atoms with E-state index in [-0.39, 0.29) is 0 Å². The van der Waals surface area contributed by atoms with Crippen LogP contribution in [0.2, 0.25) is 0 Å². The minimum atomic E-state index is 0.546. The highest BCUT2D eigenvalue weighted by molar-refractivity contribution is 5.86. The number of nitrogens with one attached hydrogen (secondary N) is 1. The Kier molecular flexibility index (Phi) is 4.05. The predicted octanol–water partition coefficient (Wildman–Crippen LogP) is 1.58. The highest BCUT2D eigenvalue weighted by atomic mass is 15.3. The van der Waals surface area contributed by atoms with E-state index in [4.69, 9.17) is 0 Å². The van der Waals surface area contributed by atoms with Crippen molar-refractivity contribution in [2.75, 3.05) is 24.5 Å². The number of hydrogen-bond acceptors (Lipinski definition) is 5. The molecule has 0 aliphatic carbocycles. The smallest absolute Gasteiger partial charge is 0.163 e. The zero-order valence-corrected chi connectivity index (χ0v) is 13.1. The SMILES string of the molecule is CC(C)NCC1CCCN(c2ncnc3c2cnn3C)C1. The molecular weight excluding hydrogens is 264 g/mol. The van der Waals surface area contributed by atoms with E-state index in [9.17, 15) is 0 Å². The Bertz CT molecular complexity index is 605. The Labute approximate surface area is 125 Å². The van der Waals surface area contributed by atoms with E-state index in [1.54, 1.807) is 6.33 Å². The van der Waals surface area contributed by atoms with Crippen LogP contribution in [0.15, 0.2) is 12.5 Å². The molecule has 6 nitrogen and oxygen atoms in total. The fraction of sp³-hybridized carbons (Fsp3) is 0.667. The summed E-state index contributed by atoms with van der Waals surface area (Å²) >= 11 is 0. The third-order valence-corrected chi connectivity index (χ3v) is 4.14. The minimum absolute atomic E-state index is 0.546. The van der Waals surface area contributed by atoms with Gasteiger partial charge < -0.3 is 10.2 Å². The molecule has 6 heteroatoms. The number of anilines is 1. The van der Waals surface area contributed by atoms with Crippen LogP contribution < -0.4 is 10.2 Å². The molecule has 0 bridgehead atoms. The summed E-state index contributed by atoms with van der Waals surface area (Å²) in [6.07, 6.45) is 6.03. The van der Waals surface area contributed by atoms with Crippen LogP contribution in [-0.2, 0) is 7.05 Å². The number of aryl methyl sites for hydroxylation is 1. The Balaban J connectivity index is 1.78. The second kappa shape index (κ2) is 5.97. The van der Waals surface area contributed by atoms with Crippen LogP contribution in [0, 0.1) is 5.92 Å². The van der Waals surface area contributed by atoms with E-state index in [1.165, 1.54) is 12.8 Å². The Morgan fingerprint density at radius 3 is 3.05 bits per heavy atom. The van der Waals surface area contributed by atoms with Gasteiger partial charge in [-0.05, 0) is 25.3 Å². The maximum atomic E-state index is 4.51. The van der Waals surface area contributed by atoms with Gasteiger partial charge >= 0.3 is 0 Å². The average molecular weight is 288 g/mol. The molecule has 0 aromatic carbocycles. The monoisotopic (exact) mass is 288 g/mol. The van der Waals surface area contributed by atoms with Crippen molar-refractivity contribution in [1.29, 1.82) is 0 Å². The summed E-state index contributed by atoms with van der Waals surface area (Å²) in [5.74, 6) is 1.71. The lowest BCUT2D eigenvalue weighted by atomic mass is 9.97. The molecule has 0 spiro atoms. The Morgan fingerprint density at radius 1 is 1.38 bits per heavy atom. The van der Waals surface area contributed by atoms with Gasteiger partial charge in [-0.2, -0.15) is 5.10 Å². The molecule has 2 aromatic heterocycles. The van der Waals surface area contributed by atoms with Gasteiger partial charge in [0.25, 0.3) is 0 Å². The molecule has 0 amide bonds. The summed E-state index contributed by atoms with van der Waals surface area (Å²) in [5.41, 5.74) is 0.905. The molecule has 3 rings (SSSR count). The molecule has 1 fully saturated rings. The lowest BCUT2D eigenvalue weighted by Crippen LogP contribution is -2.41.